The molecule has 1 fully saturated rings. The van der Waals surface area contributed by atoms with Crippen molar-refractivity contribution < 1.29 is 9.59 Å². The number of thiazole rings is 1. The van der Waals surface area contributed by atoms with Gasteiger partial charge in [0.15, 0.2) is 5.13 Å². The van der Waals surface area contributed by atoms with Crippen LogP contribution in [-0.2, 0) is 9.59 Å². The Labute approximate surface area is 168 Å². The number of nitrogens with zero attached hydrogens (tertiary/aromatic N) is 2. The van der Waals surface area contributed by atoms with Crippen molar-refractivity contribution >= 4 is 39.9 Å². The molecular formula is C20H24ClN3O2S. The largest absolute Gasteiger partial charge is 0.342 e. The van der Waals surface area contributed by atoms with Crippen LogP contribution in [0.5, 0.6) is 0 Å². The molecule has 0 atom stereocenters. The summed E-state index contributed by atoms with van der Waals surface area (Å²) in [6.45, 7) is 7.02. The third-order valence-corrected chi connectivity index (χ3v) is 5.77. The average molecular weight is 406 g/mol. The Balaban J connectivity index is 1.58. The molecule has 3 rings (SSSR count). The van der Waals surface area contributed by atoms with Gasteiger partial charge in [-0.1, -0.05) is 50.6 Å². The van der Waals surface area contributed by atoms with E-state index in [0.29, 0.717) is 36.1 Å². The second-order valence-electron chi connectivity index (χ2n) is 7.82. The Morgan fingerprint density at radius 3 is 2.52 bits per heavy atom. The van der Waals surface area contributed by atoms with E-state index < -0.39 is 0 Å². The molecule has 27 heavy (non-hydrogen) atoms. The van der Waals surface area contributed by atoms with Crippen LogP contribution in [0.15, 0.2) is 29.6 Å². The molecular weight excluding hydrogens is 382 g/mol. The fourth-order valence-corrected chi connectivity index (χ4v) is 4.10. The Morgan fingerprint density at radius 1 is 1.22 bits per heavy atom. The highest BCUT2D eigenvalue weighted by Crippen LogP contribution is 2.31. The molecule has 0 saturated carbocycles. The molecule has 144 valence electrons. The normalized spacial score (nSPS) is 15.6. The van der Waals surface area contributed by atoms with Gasteiger partial charge in [-0.15, -0.1) is 11.3 Å². The van der Waals surface area contributed by atoms with Crippen molar-refractivity contribution in [3.63, 3.8) is 0 Å². The Hall–Kier alpha value is -1.92. The minimum Gasteiger partial charge on any atom is -0.342 e. The molecule has 7 heteroatoms. The highest BCUT2D eigenvalue weighted by molar-refractivity contribution is 7.14. The van der Waals surface area contributed by atoms with E-state index in [1.807, 2.05) is 55.3 Å². The maximum absolute atomic E-state index is 12.6. The first-order valence-corrected chi connectivity index (χ1v) is 10.3. The zero-order chi connectivity index (χ0) is 19.6. The van der Waals surface area contributed by atoms with Crippen molar-refractivity contribution in [2.24, 2.45) is 11.3 Å². The molecule has 0 bridgehead atoms. The van der Waals surface area contributed by atoms with Crippen molar-refractivity contribution in [3.05, 3.63) is 34.7 Å². The molecule has 0 radical (unpaired) electrons. The van der Waals surface area contributed by atoms with Crippen molar-refractivity contribution in [3.8, 4) is 11.3 Å². The van der Waals surface area contributed by atoms with E-state index in [1.54, 1.807) is 0 Å². The summed E-state index contributed by atoms with van der Waals surface area (Å²) in [6.07, 6.45) is 1.35. The van der Waals surface area contributed by atoms with E-state index >= 15 is 0 Å². The molecule has 0 unspecified atom stereocenters. The van der Waals surface area contributed by atoms with E-state index in [9.17, 15) is 9.59 Å². The van der Waals surface area contributed by atoms with Crippen molar-refractivity contribution in [2.45, 2.75) is 33.6 Å². The quantitative estimate of drug-likeness (QED) is 0.805. The maximum atomic E-state index is 12.6. The third-order valence-electron chi connectivity index (χ3n) is 4.68. The van der Waals surface area contributed by atoms with Crippen LogP contribution in [0, 0.1) is 11.3 Å². The molecule has 0 aliphatic carbocycles. The van der Waals surface area contributed by atoms with Gasteiger partial charge in [0, 0.05) is 40.4 Å². The first kappa shape index (κ1) is 19.8. The van der Waals surface area contributed by atoms with Gasteiger partial charge in [0.2, 0.25) is 11.8 Å². The first-order chi connectivity index (χ1) is 12.8. The van der Waals surface area contributed by atoms with Gasteiger partial charge in [-0.05, 0) is 18.9 Å². The molecule has 1 aromatic carbocycles. The number of nitrogens with one attached hydrogen (secondary N) is 1. The number of hydrogen-bond acceptors (Lipinski definition) is 4. The van der Waals surface area contributed by atoms with Crippen molar-refractivity contribution in [1.82, 2.24) is 9.88 Å². The van der Waals surface area contributed by atoms with Crippen LogP contribution in [0.25, 0.3) is 11.3 Å². The maximum Gasteiger partial charge on any atom is 0.229 e. The van der Waals surface area contributed by atoms with Gasteiger partial charge in [-0.2, -0.15) is 0 Å². The number of amides is 2. The fraction of sp³-hybridized carbons (Fsp3) is 0.450. The number of likely N-dealkylation sites (tertiary alicyclic amines) is 1. The van der Waals surface area contributed by atoms with Gasteiger partial charge in [-0.3, -0.25) is 9.59 Å². The van der Waals surface area contributed by atoms with Crippen molar-refractivity contribution in [2.75, 3.05) is 18.4 Å². The highest BCUT2D eigenvalue weighted by atomic mass is 35.5. The summed E-state index contributed by atoms with van der Waals surface area (Å²) in [5.74, 6) is 0.0188. The molecule has 2 aromatic rings. The van der Waals surface area contributed by atoms with E-state index in [4.69, 9.17) is 11.6 Å². The summed E-state index contributed by atoms with van der Waals surface area (Å²) in [7, 11) is 0. The topological polar surface area (TPSA) is 62.3 Å². The summed E-state index contributed by atoms with van der Waals surface area (Å²) in [4.78, 5) is 31.3. The number of rotatable bonds is 3. The number of piperidine rings is 1. The molecule has 2 amide bonds. The first-order valence-electron chi connectivity index (χ1n) is 9.06. The van der Waals surface area contributed by atoms with Gasteiger partial charge >= 0.3 is 0 Å². The SMILES string of the molecule is CC(C)(C)C(=O)N1CCC(C(=O)Nc2nc(-c3ccccc3Cl)cs2)CC1. The van der Waals surface area contributed by atoms with E-state index in [1.165, 1.54) is 11.3 Å². The predicted octanol–water partition coefficient (Wildman–Crippen LogP) is 4.69. The minimum absolute atomic E-state index is 0.0297. The lowest BCUT2D eigenvalue weighted by atomic mass is 9.91. The summed E-state index contributed by atoms with van der Waals surface area (Å²) < 4.78 is 0. The van der Waals surface area contributed by atoms with Crippen LogP contribution in [0.2, 0.25) is 5.02 Å². The second-order valence-corrected chi connectivity index (χ2v) is 9.09. The highest BCUT2D eigenvalue weighted by Gasteiger charge is 2.32. The molecule has 1 saturated heterocycles. The van der Waals surface area contributed by atoms with Gasteiger partial charge < -0.3 is 10.2 Å². The van der Waals surface area contributed by atoms with Crippen molar-refractivity contribution in [1.29, 1.82) is 0 Å². The minimum atomic E-state index is -0.384. The van der Waals surface area contributed by atoms with Crippen LogP contribution in [-0.4, -0.2) is 34.8 Å². The average Bonchev–Trinajstić information content (AvgIpc) is 3.09. The number of hydrogen-bond donors (Lipinski definition) is 1. The van der Waals surface area contributed by atoms with Gasteiger partial charge in [-0.25, -0.2) is 4.98 Å². The van der Waals surface area contributed by atoms with Gasteiger partial charge in [0.1, 0.15) is 0 Å². The number of anilines is 1. The molecule has 1 aliphatic rings. The van der Waals surface area contributed by atoms with Crippen LogP contribution in [0.3, 0.4) is 0 Å². The molecule has 5 nitrogen and oxygen atoms in total. The van der Waals surface area contributed by atoms with Gasteiger partial charge in [0.25, 0.3) is 0 Å². The predicted molar refractivity (Wildman–Crippen MR) is 110 cm³/mol. The number of benzene rings is 1. The summed E-state index contributed by atoms with van der Waals surface area (Å²) in [5.41, 5.74) is 1.22. The number of halogens is 1. The molecule has 1 N–H and O–H groups in total. The van der Waals surface area contributed by atoms with E-state index in [0.717, 1.165) is 11.3 Å². The third kappa shape index (κ3) is 4.68. The van der Waals surface area contributed by atoms with Gasteiger partial charge in [0.05, 0.1) is 5.69 Å². The van der Waals surface area contributed by atoms with E-state index in [-0.39, 0.29) is 23.1 Å². The fourth-order valence-electron chi connectivity index (χ4n) is 3.15. The zero-order valence-corrected chi connectivity index (χ0v) is 17.4. The lowest BCUT2D eigenvalue weighted by Gasteiger charge is -2.35. The molecule has 2 heterocycles. The summed E-state index contributed by atoms with van der Waals surface area (Å²) in [5, 5.41) is 6.02. The standard InChI is InChI=1S/C20H24ClN3O2S/c1-20(2,3)18(26)24-10-8-13(9-11-24)17(25)23-19-22-16(12-27-19)14-6-4-5-7-15(14)21/h4-7,12-13H,8-11H2,1-3H3,(H,22,23,25). The Bertz CT molecular complexity index is 836. The van der Waals surface area contributed by atoms with Crippen LogP contribution < -0.4 is 5.32 Å². The number of carbonyl (C=O) groups is 2. The number of carbonyl (C=O) groups excluding carboxylic acids is 2. The Morgan fingerprint density at radius 2 is 1.89 bits per heavy atom. The molecule has 0 spiro atoms. The smallest absolute Gasteiger partial charge is 0.229 e. The second kappa shape index (κ2) is 7.98. The summed E-state index contributed by atoms with van der Waals surface area (Å²) >= 11 is 7.60. The van der Waals surface area contributed by atoms with E-state index in [2.05, 4.69) is 10.3 Å². The lowest BCUT2D eigenvalue weighted by molar-refractivity contribution is -0.142. The molecule has 1 aromatic heterocycles. The van der Waals surface area contributed by atoms with Crippen LogP contribution in [0.4, 0.5) is 5.13 Å². The monoisotopic (exact) mass is 405 g/mol. The summed E-state index contributed by atoms with van der Waals surface area (Å²) in [6, 6.07) is 7.51. The number of aromatic nitrogens is 1. The van der Waals surface area contributed by atoms with Crippen LogP contribution >= 0.6 is 22.9 Å². The molecule has 1 aliphatic heterocycles. The Kier molecular flexibility index (Phi) is 5.86. The lowest BCUT2D eigenvalue weighted by Crippen LogP contribution is -2.45. The van der Waals surface area contributed by atoms with Crippen LogP contribution in [0.1, 0.15) is 33.6 Å². The zero-order valence-electron chi connectivity index (χ0n) is 15.8.